The Bertz CT molecular complexity index is 664. The second-order valence-electron chi connectivity index (χ2n) is 6.18. The first-order valence-corrected chi connectivity index (χ1v) is 10.1. The summed E-state index contributed by atoms with van der Waals surface area (Å²) in [6.45, 7) is 9.04. The molecule has 4 amide bonds. The molecule has 2 atom stereocenters. The van der Waals surface area contributed by atoms with Crippen LogP contribution in [0.3, 0.4) is 0 Å². The number of aliphatic hydroxyl groups is 2. The zero-order chi connectivity index (χ0) is 21.6. The lowest BCUT2D eigenvalue weighted by atomic mass is 10.3. The highest BCUT2D eigenvalue weighted by Crippen LogP contribution is 2.17. The first kappa shape index (κ1) is 24.1. The van der Waals surface area contributed by atoms with Crippen molar-refractivity contribution in [2.24, 2.45) is 0 Å². The number of thioether (sulfide) groups is 2. The standard InChI is InChI=1S/C17H22N2O7S2/c1-9(2)15(24)27-7-11(20)5-18-13(22)14(23)19(17(18)26)6-12(21)8-28-16(25)10(3)4/h11-12,20-21H,1,3,5-8H2,2,4H3. The molecule has 9 nitrogen and oxygen atoms in total. The molecule has 0 aromatic rings. The van der Waals surface area contributed by atoms with Gasteiger partial charge in [0.25, 0.3) is 0 Å². The van der Waals surface area contributed by atoms with Gasteiger partial charge in [-0.3, -0.25) is 29.0 Å². The molecule has 1 fully saturated rings. The van der Waals surface area contributed by atoms with E-state index >= 15 is 0 Å². The predicted molar refractivity (Wildman–Crippen MR) is 105 cm³/mol. The van der Waals surface area contributed by atoms with Gasteiger partial charge in [0, 0.05) is 11.5 Å². The summed E-state index contributed by atoms with van der Waals surface area (Å²) in [5.74, 6) is -2.42. The average Bonchev–Trinajstić information content (AvgIpc) is 2.81. The molecule has 2 unspecified atom stereocenters. The summed E-state index contributed by atoms with van der Waals surface area (Å²) in [5, 5.41) is 19.2. The zero-order valence-electron chi connectivity index (χ0n) is 15.5. The SMILES string of the molecule is C=C(C)C(=O)SCC(O)CN1C(=O)C(=O)N(CC(O)CSC(=O)C(=C)C)C1=O. The van der Waals surface area contributed by atoms with Gasteiger partial charge < -0.3 is 10.2 Å². The molecule has 0 aromatic carbocycles. The lowest BCUT2D eigenvalue weighted by molar-refractivity contribution is -0.143. The fraction of sp³-hybridized carbons (Fsp3) is 0.471. The summed E-state index contributed by atoms with van der Waals surface area (Å²) in [7, 11) is 0. The maximum Gasteiger partial charge on any atom is 0.334 e. The Morgan fingerprint density at radius 1 is 0.857 bits per heavy atom. The van der Waals surface area contributed by atoms with E-state index < -0.39 is 43.1 Å². The number of hydrogen-bond acceptors (Lipinski definition) is 9. The molecule has 0 aliphatic carbocycles. The van der Waals surface area contributed by atoms with E-state index in [-0.39, 0.29) is 21.7 Å². The highest BCUT2D eigenvalue weighted by atomic mass is 32.2. The van der Waals surface area contributed by atoms with Crippen LogP contribution in [0.4, 0.5) is 4.79 Å². The second-order valence-corrected chi connectivity index (χ2v) is 8.16. The minimum atomic E-state index is -1.22. The van der Waals surface area contributed by atoms with Crippen LogP contribution in [0.5, 0.6) is 0 Å². The Hall–Kier alpha value is -1.95. The van der Waals surface area contributed by atoms with Gasteiger partial charge in [0.05, 0.1) is 25.3 Å². The van der Waals surface area contributed by atoms with Crippen LogP contribution in [0.2, 0.25) is 0 Å². The summed E-state index contributed by atoms with van der Waals surface area (Å²) >= 11 is 1.57. The van der Waals surface area contributed by atoms with Crippen LogP contribution in [-0.4, -0.2) is 84.9 Å². The number of β-amino-alcohol motifs (C(OH)–C–C–N with tert-alkyl or cyclic N) is 2. The highest BCUT2D eigenvalue weighted by Gasteiger charge is 2.45. The average molecular weight is 431 g/mol. The molecular weight excluding hydrogens is 408 g/mol. The van der Waals surface area contributed by atoms with Crippen molar-refractivity contribution >= 4 is 51.6 Å². The van der Waals surface area contributed by atoms with E-state index in [1.165, 1.54) is 13.8 Å². The number of rotatable bonds is 10. The van der Waals surface area contributed by atoms with Crippen molar-refractivity contribution in [1.82, 2.24) is 9.80 Å². The van der Waals surface area contributed by atoms with E-state index in [1.807, 2.05) is 0 Å². The number of carbonyl (C=O) groups is 5. The van der Waals surface area contributed by atoms with E-state index in [0.29, 0.717) is 20.9 Å². The molecule has 0 bridgehead atoms. The van der Waals surface area contributed by atoms with Crippen molar-refractivity contribution in [3.8, 4) is 0 Å². The Kier molecular flexibility index (Phi) is 9.08. The fourth-order valence-corrected chi connectivity index (χ4v) is 3.38. The molecule has 154 valence electrons. The van der Waals surface area contributed by atoms with Crippen LogP contribution in [-0.2, 0) is 19.2 Å². The monoisotopic (exact) mass is 430 g/mol. The summed E-state index contributed by atoms with van der Waals surface area (Å²) < 4.78 is 0. The maximum atomic E-state index is 12.3. The van der Waals surface area contributed by atoms with E-state index in [4.69, 9.17) is 0 Å². The smallest absolute Gasteiger partial charge is 0.334 e. The predicted octanol–water partition coefficient (Wildman–Crippen LogP) is 0.171. The van der Waals surface area contributed by atoms with Gasteiger partial charge in [-0.15, -0.1) is 0 Å². The van der Waals surface area contributed by atoms with Crippen molar-refractivity contribution in [1.29, 1.82) is 0 Å². The summed E-state index contributed by atoms with van der Waals surface area (Å²) in [6, 6.07) is -0.972. The largest absolute Gasteiger partial charge is 0.390 e. The van der Waals surface area contributed by atoms with Gasteiger partial charge >= 0.3 is 17.8 Å². The van der Waals surface area contributed by atoms with Crippen molar-refractivity contribution in [3.05, 3.63) is 24.3 Å². The first-order chi connectivity index (χ1) is 13.0. The van der Waals surface area contributed by atoms with E-state index in [0.717, 1.165) is 23.5 Å². The molecule has 0 spiro atoms. The fourth-order valence-electron chi connectivity index (χ4n) is 1.99. The number of aliphatic hydroxyl groups excluding tert-OH is 2. The molecule has 28 heavy (non-hydrogen) atoms. The molecule has 1 rings (SSSR count). The van der Waals surface area contributed by atoms with E-state index in [2.05, 4.69) is 13.2 Å². The number of nitrogens with zero attached hydrogens (tertiary/aromatic N) is 2. The van der Waals surface area contributed by atoms with Crippen LogP contribution < -0.4 is 0 Å². The van der Waals surface area contributed by atoms with Crippen LogP contribution in [0.15, 0.2) is 24.3 Å². The Balaban J connectivity index is 2.62. The Morgan fingerprint density at radius 3 is 1.46 bits per heavy atom. The van der Waals surface area contributed by atoms with Crippen LogP contribution in [0.1, 0.15) is 13.8 Å². The van der Waals surface area contributed by atoms with Gasteiger partial charge in [0.15, 0.2) is 0 Å². The topological polar surface area (TPSA) is 132 Å². The lowest BCUT2D eigenvalue weighted by Crippen LogP contribution is -2.41. The Morgan fingerprint density at radius 2 is 1.18 bits per heavy atom. The van der Waals surface area contributed by atoms with Gasteiger partial charge in [-0.2, -0.15) is 0 Å². The Labute approximate surface area is 170 Å². The number of imide groups is 2. The molecule has 0 saturated carbocycles. The molecule has 0 radical (unpaired) electrons. The summed E-state index contributed by atoms with van der Waals surface area (Å²) in [6.07, 6.45) is -2.44. The molecule has 2 N–H and O–H groups in total. The van der Waals surface area contributed by atoms with Crippen LogP contribution >= 0.6 is 23.5 Å². The normalized spacial score (nSPS) is 16.4. The third-order valence-electron chi connectivity index (χ3n) is 3.43. The molecule has 11 heteroatoms. The van der Waals surface area contributed by atoms with Gasteiger partial charge in [-0.25, -0.2) is 4.79 Å². The quantitative estimate of drug-likeness (QED) is 0.283. The number of amides is 4. The third kappa shape index (κ3) is 6.59. The molecule has 1 saturated heterocycles. The van der Waals surface area contributed by atoms with Crippen molar-refractivity contribution < 1.29 is 34.2 Å². The number of carbonyl (C=O) groups excluding carboxylic acids is 5. The van der Waals surface area contributed by atoms with E-state index in [1.54, 1.807) is 0 Å². The molecule has 1 aliphatic heterocycles. The third-order valence-corrected chi connectivity index (χ3v) is 5.76. The second kappa shape index (κ2) is 10.6. The molecule has 1 aliphatic rings. The van der Waals surface area contributed by atoms with Crippen molar-refractivity contribution in [2.45, 2.75) is 26.1 Å². The molecular formula is C17H22N2O7S2. The minimum Gasteiger partial charge on any atom is -0.390 e. The van der Waals surface area contributed by atoms with Gasteiger partial charge in [-0.05, 0) is 25.0 Å². The van der Waals surface area contributed by atoms with Gasteiger partial charge in [-0.1, -0.05) is 36.7 Å². The zero-order valence-corrected chi connectivity index (χ0v) is 17.2. The van der Waals surface area contributed by atoms with Gasteiger partial charge in [0.2, 0.25) is 10.2 Å². The number of urea groups is 1. The summed E-state index contributed by atoms with van der Waals surface area (Å²) in [5.41, 5.74) is 0.590. The molecule has 0 aromatic heterocycles. The lowest BCUT2D eigenvalue weighted by Gasteiger charge is -2.20. The number of hydrogen-bond donors (Lipinski definition) is 2. The maximum absolute atomic E-state index is 12.3. The minimum absolute atomic E-state index is 0.0841. The van der Waals surface area contributed by atoms with Crippen molar-refractivity contribution in [2.75, 3.05) is 24.6 Å². The van der Waals surface area contributed by atoms with Gasteiger partial charge in [0.1, 0.15) is 0 Å². The van der Waals surface area contributed by atoms with Crippen molar-refractivity contribution in [3.63, 3.8) is 0 Å². The first-order valence-electron chi connectivity index (χ1n) is 8.14. The van der Waals surface area contributed by atoms with E-state index in [9.17, 15) is 34.2 Å². The van der Waals surface area contributed by atoms with Crippen LogP contribution in [0.25, 0.3) is 0 Å². The van der Waals surface area contributed by atoms with Crippen LogP contribution in [0, 0.1) is 0 Å². The molecule has 1 heterocycles. The highest BCUT2D eigenvalue weighted by molar-refractivity contribution is 8.14. The summed E-state index contributed by atoms with van der Waals surface area (Å²) in [4.78, 5) is 60.4.